The second-order valence-electron chi connectivity index (χ2n) is 6.36. The molecule has 0 bridgehead atoms. The van der Waals surface area contributed by atoms with Crippen molar-refractivity contribution in [2.75, 3.05) is 11.4 Å². The highest BCUT2D eigenvalue weighted by molar-refractivity contribution is 5.93. The second-order valence-corrected chi connectivity index (χ2v) is 6.36. The number of anilines is 2. The van der Waals surface area contributed by atoms with E-state index >= 15 is 0 Å². The van der Waals surface area contributed by atoms with E-state index in [4.69, 9.17) is 10.3 Å². The number of primary amides is 1. The summed E-state index contributed by atoms with van der Waals surface area (Å²) in [4.78, 5) is 13.5. The molecule has 0 fully saturated rings. The molecule has 5 nitrogen and oxygen atoms in total. The number of nitrogens with zero attached hydrogens (tertiary/aromatic N) is 2. The van der Waals surface area contributed by atoms with Crippen molar-refractivity contribution in [2.24, 2.45) is 5.73 Å². The van der Waals surface area contributed by atoms with E-state index < -0.39 is 5.91 Å². The Morgan fingerprint density at radius 3 is 2.35 bits per heavy atom. The number of aromatic nitrogens is 1. The molecule has 5 heteroatoms. The van der Waals surface area contributed by atoms with Crippen LogP contribution in [-0.2, 0) is 0 Å². The Kier molecular flexibility index (Phi) is 4.80. The van der Waals surface area contributed by atoms with E-state index in [0.29, 0.717) is 5.56 Å². The molecular weight excluding hydrogens is 326 g/mol. The van der Waals surface area contributed by atoms with Gasteiger partial charge in [0.2, 0.25) is 5.91 Å². The van der Waals surface area contributed by atoms with Gasteiger partial charge in [0.1, 0.15) is 5.76 Å². The Morgan fingerprint density at radius 2 is 1.81 bits per heavy atom. The van der Waals surface area contributed by atoms with E-state index in [1.165, 1.54) is 5.56 Å². The summed E-state index contributed by atoms with van der Waals surface area (Å²) >= 11 is 0. The van der Waals surface area contributed by atoms with Gasteiger partial charge < -0.3 is 15.2 Å². The minimum absolute atomic E-state index is 0.420. The lowest BCUT2D eigenvalue weighted by Gasteiger charge is -2.26. The molecule has 1 heterocycles. The molecule has 0 spiro atoms. The second kappa shape index (κ2) is 7.04. The lowest BCUT2D eigenvalue weighted by Crippen LogP contribution is -2.18. The van der Waals surface area contributed by atoms with Gasteiger partial charge in [-0.15, -0.1) is 0 Å². The van der Waals surface area contributed by atoms with E-state index in [-0.39, 0.29) is 0 Å². The number of rotatable bonds is 5. The molecule has 0 aliphatic carbocycles. The Labute approximate surface area is 153 Å². The summed E-state index contributed by atoms with van der Waals surface area (Å²) in [6, 6.07) is 13.7. The molecule has 2 aromatic carbocycles. The van der Waals surface area contributed by atoms with Crippen LogP contribution in [0.4, 0.5) is 11.4 Å². The predicted octanol–water partition coefficient (Wildman–Crippen LogP) is 4.52. The van der Waals surface area contributed by atoms with Crippen molar-refractivity contribution in [3.63, 3.8) is 0 Å². The van der Waals surface area contributed by atoms with E-state index in [9.17, 15) is 4.79 Å². The van der Waals surface area contributed by atoms with Gasteiger partial charge in [-0.3, -0.25) is 4.79 Å². The minimum Gasteiger partial charge on any atom is -0.366 e. The maximum Gasteiger partial charge on any atom is 0.248 e. The summed E-state index contributed by atoms with van der Waals surface area (Å²) in [5, 5.41) is 4.06. The standard InChI is InChI=1S/C21H23N3O2/c1-5-24(18-10-8-16(9-11-18)21(22)25)19-12-17(7-6-13(19)2)20-14(3)23-26-15(20)4/h6-12H,5H2,1-4H3,(H2,22,25). The fourth-order valence-electron chi connectivity index (χ4n) is 3.25. The van der Waals surface area contributed by atoms with Gasteiger partial charge in [0.05, 0.1) is 5.69 Å². The van der Waals surface area contributed by atoms with E-state index in [1.54, 1.807) is 12.1 Å². The van der Waals surface area contributed by atoms with Crippen molar-refractivity contribution in [2.45, 2.75) is 27.7 Å². The number of amides is 1. The van der Waals surface area contributed by atoms with Gasteiger partial charge in [-0.25, -0.2) is 0 Å². The fraction of sp³-hybridized carbons (Fsp3) is 0.238. The van der Waals surface area contributed by atoms with Crippen LogP contribution in [-0.4, -0.2) is 17.6 Å². The van der Waals surface area contributed by atoms with E-state index in [1.807, 2.05) is 26.0 Å². The van der Waals surface area contributed by atoms with Crippen LogP contribution < -0.4 is 10.6 Å². The topological polar surface area (TPSA) is 72.4 Å². The molecule has 134 valence electrons. The molecule has 1 aromatic heterocycles. The van der Waals surface area contributed by atoms with Gasteiger partial charge in [-0.1, -0.05) is 17.3 Å². The lowest BCUT2D eigenvalue weighted by molar-refractivity contribution is 0.100. The Morgan fingerprint density at radius 1 is 1.12 bits per heavy atom. The number of carbonyl (C=O) groups is 1. The lowest BCUT2D eigenvalue weighted by atomic mass is 10.0. The Balaban J connectivity index is 2.06. The molecule has 2 N–H and O–H groups in total. The molecule has 0 atom stereocenters. The summed E-state index contributed by atoms with van der Waals surface area (Å²) in [6.45, 7) is 8.86. The van der Waals surface area contributed by atoms with Crippen LogP contribution in [0.2, 0.25) is 0 Å². The first-order valence-corrected chi connectivity index (χ1v) is 8.63. The predicted molar refractivity (Wildman–Crippen MR) is 104 cm³/mol. The molecule has 26 heavy (non-hydrogen) atoms. The molecule has 3 aromatic rings. The zero-order valence-electron chi connectivity index (χ0n) is 15.5. The first-order valence-electron chi connectivity index (χ1n) is 8.63. The van der Waals surface area contributed by atoms with Crippen LogP contribution in [0.5, 0.6) is 0 Å². The van der Waals surface area contributed by atoms with Gasteiger partial charge in [-0.05, 0) is 69.2 Å². The third-order valence-corrected chi connectivity index (χ3v) is 4.60. The SMILES string of the molecule is CCN(c1ccc(C(N)=O)cc1)c1cc(-c2c(C)noc2C)ccc1C. The average molecular weight is 349 g/mol. The average Bonchev–Trinajstić information content (AvgIpc) is 2.96. The van der Waals surface area contributed by atoms with E-state index in [0.717, 1.165) is 40.5 Å². The highest BCUT2D eigenvalue weighted by Crippen LogP contribution is 2.34. The van der Waals surface area contributed by atoms with Gasteiger partial charge in [0.15, 0.2) is 0 Å². The highest BCUT2D eigenvalue weighted by atomic mass is 16.5. The quantitative estimate of drug-likeness (QED) is 0.735. The molecule has 0 radical (unpaired) electrons. The molecule has 0 aliphatic rings. The van der Waals surface area contributed by atoms with Crippen molar-refractivity contribution < 1.29 is 9.32 Å². The summed E-state index contributed by atoms with van der Waals surface area (Å²) in [5.74, 6) is 0.391. The monoisotopic (exact) mass is 349 g/mol. The molecule has 0 saturated heterocycles. The molecule has 0 aliphatic heterocycles. The number of hydrogen-bond donors (Lipinski definition) is 1. The molecular formula is C21H23N3O2. The van der Waals surface area contributed by atoms with Gasteiger partial charge in [0.25, 0.3) is 0 Å². The third-order valence-electron chi connectivity index (χ3n) is 4.60. The smallest absolute Gasteiger partial charge is 0.248 e. The third kappa shape index (κ3) is 3.20. The van der Waals surface area contributed by atoms with Gasteiger partial charge in [0, 0.05) is 29.0 Å². The van der Waals surface area contributed by atoms with Crippen molar-refractivity contribution in [1.82, 2.24) is 5.16 Å². The highest BCUT2D eigenvalue weighted by Gasteiger charge is 2.16. The minimum atomic E-state index is -0.420. The molecule has 3 rings (SSSR count). The van der Waals surface area contributed by atoms with Crippen LogP contribution in [0.1, 0.15) is 34.3 Å². The van der Waals surface area contributed by atoms with E-state index in [2.05, 4.69) is 42.1 Å². The first-order chi connectivity index (χ1) is 12.4. The van der Waals surface area contributed by atoms with Crippen molar-refractivity contribution in [3.8, 4) is 11.1 Å². The number of carbonyl (C=O) groups excluding carboxylic acids is 1. The molecule has 1 amide bonds. The van der Waals surface area contributed by atoms with Crippen LogP contribution in [0, 0.1) is 20.8 Å². The fourth-order valence-corrected chi connectivity index (χ4v) is 3.25. The number of aryl methyl sites for hydroxylation is 3. The maximum atomic E-state index is 11.3. The van der Waals surface area contributed by atoms with Gasteiger partial charge in [-0.2, -0.15) is 0 Å². The first kappa shape index (κ1) is 17.7. The molecule has 0 unspecified atom stereocenters. The maximum absolute atomic E-state index is 11.3. The number of benzene rings is 2. The Bertz CT molecular complexity index is 923. The van der Waals surface area contributed by atoms with Crippen molar-refractivity contribution in [1.29, 1.82) is 0 Å². The van der Waals surface area contributed by atoms with Crippen molar-refractivity contribution in [3.05, 3.63) is 65.0 Å². The Hall–Kier alpha value is -3.08. The largest absolute Gasteiger partial charge is 0.366 e. The summed E-state index contributed by atoms with van der Waals surface area (Å²) in [5.41, 5.74) is 12.1. The zero-order valence-corrected chi connectivity index (χ0v) is 15.5. The van der Waals surface area contributed by atoms with Crippen LogP contribution in [0.15, 0.2) is 47.0 Å². The van der Waals surface area contributed by atoms with Crippen molar-refractivity contribution >= 4 is 17.3 Å². The normalized spacial score (nSPS) is 10.8. The number of hydrogen-bond acceptors (Lipinski definition) is 4. The molecule has 0 saturated carbocycles. The van der Waals surface area contributed by atoms with Gasteiger partial charge >= 0.3 is 0 Å². The zero-order chi connectivity index (χ0) is 18.8. The summed E-state index contributed by atoms with van der Waals surface area (Å²) in [6.07, 6.45) is 0. The van der Waals surface area contributed by atoms with Crippen LogP contribution in [0.25, 0.3) is 11.1 Å². The van der Waals surface area contributed by atoms with Crippen LogP contribution >= 0.6 is 0 Å². The summed E-state index contributed by atoms with van der Waals surface area (Å²) in [7, 11) is 0. The number of nitrogens with two attached hydrogens (primary N) is 1. The summed E-state index contributed by atoms with van der Waals surface area (Å²) < 4.78 is 5.32. The van der Waals surface area contributed by atoms with Crippen LogP contribution in [0.3, 0.4) is 0 Å².